The Bertz CT molecular complexity index is 1530. The number of methoxy groups -OCH3 is 1. The first-order chi connectivity index (χ1) is 19.2. The Hall–Kier alpha value is -3.89. The molecule has 1 atom stereocenters. The molecule has 1 unspecified atom stereocenters. The first-order valence-corrected chi connectivity index (χ1v) is 14.5. The number of rotatable bonds is 11. The van der Waals surface area contributed by atoms with E-state index in [4.69, 9.17) is 9.47 Å². The largest absolute Gasteiger partial charge is 0.482 e. The van der Waals surface area contributed by atoms with E-state index in [1.54, 1.807) is 6.08 Å². The number of hydrogen-bond donors (Lipinski definition) is 1. The van der Waals surface area contributed by atoms with E-state index in [9.17, 15) is 9.59 Å². The number of nitrogens with zero attached hydrogens (tertiary/aromatic N) is 3. The Morgan fingerprint density at radius 3 is 2.58 bits per heavy atom. The second kappa shape index (κ2) is 13.0. The molecule has 10 heteroatoms. The average molecular weight is 577 g/mol. The van der Waals surface area contributed by atoms with Crippen molar-refractivity contribution in [2.24, 2.45) is 0 Å². The van der Waals surface area contributed by atoms with Gasteiger partial charge < -0.3 is 14.8 Å². The maximum atomic E-state index is 13.0. The van der Waals surface area contributed by atoms with Crippen molar-refractivity contribution in [3.63, 3.8) is 0 Å². The van der Waals surface area contributed by atoms with E-state index in [0.717, 1.165) is 32.9 Å². The predicted octanol–water partition coefficient (Wildman–Crippen LogP) is 6.78. The quantitative estimate of drug-likeness (QED) is 0.120. The van der Waals surface area contributed by atoms with Crippen LogP contribution in [0.25, 0.3) is 11.1 Å². The Morgan fingerprint density at radius 2 is 1.88 bits per heavy atom. The van der Waals surface area contributed by atoms with Gasteiger partial charge >= 0.3 is 5.97 Å². The van der Waals surface area contributed by atoms with Crippen LogP contribution in [0.15, 0.2) is 66.3 Å². The lowest BCUT2D eigenvalue weighted by Crippen LogP contribution is -2.17. The Labute approximate surface area is 242 Å². The van der Waals surface area contributed by atoms with Crippen molar-refractivity contribution in [3.8, 4) is 16.9 Å². The minimum Gasteiger partial charge on any atom is -0.482 e. The lowest BCUT2D eigenvalue weighted by Gasteiger charge is -2.18. The summed E-state index contributed by atoms with van der Waals surface area (Å²) in [6.45, 7) is 12.2. The van der Waals surface area contributed by atoms with Gasteiger partial charge in [0.15, 0.2) is 17.1 Å². The van der Waals surface area contributed by atoms with Gasteiger partial charge in [-0.3, -0.25) is 9.36 Å². The normalized spacial score (nSPS) is 11.6. The number of esters is 1. The van der Waals surface area contributed by atoms with Crippen LogP contribution in [-0.4, -0.2) is 39.5 Å². The van der Waals surface area contributed by atoms with E-state index < -0.39 is 5.97 Å². The van der Waals surface area contributed by atoms with Gasteiger partial charge in [0.05, 0.1) is 12.9 Å². The summed E-state index contributed by atoms with van der Waals surface area (Å²) in [7, 11) is 1.33. The highest BCUT2D eigenvalue weighted by Crippen LogP contribution is 2.40. The number of anilines is 1. The molecule has 4 aromatic rings. The molecule has 8 nitrogen and oxygen atoms in total. The van der Waals surface area contributed by atoms with Crippen molar-refractivity contribution >= 4 is 40.0 Å². The molecule has 2 heterocycles. The number of benzene rings is 2. The molecular weight excluding hydrogens is 544 g/mol. The predicted molar refractivity (Wildman–Crippen MR) is 160 cm³/mol. The molecule has 0 aliphatic rings. The second-order valence-corrected chi connectivity index (χ2v) is 11.3. The Kier molecular flexibility index (Phi) is 9.44. The van der Waals surface area contributed by atoms with Crippen molar-refractivity contribution in [2.75, 3.05) is 18.2 Å². The van der Waals surface area contributed by atoms with Crippen molar-refractivity contribution < 1.29 is 19.1 Å². The van der Waals surface area contributed by atoms with Crippen LogP contribution < -0.4 is 10.1 Å². The highest BCUT2D eigenvalue weighted by atomic mass is 32.2. The first kappa shape index (κ1) is 29.1. The first-order valence-electron chi connectivity index (χ1n) is 12.7. The lowest BCUT2D eigenvalue weighted by atomic mass is 10.0. The van der Waals surface area contributed by atoms with Crippen LogP contribution in [0.3, 0.4) is 0 Å². The van der Waals surface area contributed by atoms with Crippen molar-refractivity contribution in [3.05, 3.63) is 88.6 Å². The van der Waals surface area contributed by atoms with E-state index in [1.165, 1.54) is 30.2 Å². The number of thiophene rings is 1. The van der Waals surface area contributed by atoms with Crippen molar-refractivity contribution in [2.45, 2.75) is 45.5 Å². The molecule has 1 amide bonds. The van der Waals surface area contributed by atoms with Crippen LogP contribution in [0.5, 0.6) is 5.75 Å². The van der Waals surface area contributed by atoms with Gasteiger partial charge in [0.25, 0.3) is 0 Å². The molecule has 40 heavy (non-hydrogen) atoms. The molecule has 0 radical (unpaired) electrons. The fourth-order valence-electron chi connectivity index (χ4n) is 4.28. The number of aromatic nitrogens is 3. The molecule has 4 rings (SSSR count). The average Bonchev–Trinajstić information content (AvgIpc) is 3.50. The van der Waals surface area contributed by atoms with E-state index in [0.29, 0.717) is 28.1 Å². The number of hydrogen-bond acceptors (Lipinski definition) is 8. The van der Waals surface area contributed by atoms with Gasteiger partial charge in [-0.05, 0) is 50.5 Å². The monoisotopic (exact) mass is 576 g/mol. The molecule has 0 saturated heterocycles. The van der Waals surface area contributed by atoms with Gasteiger partial charge in [0.2, 0.25) is 5.91 Å². The molecule has 208 valence electrons. The number of carbonyl (C=O) groups excluding carboxylic acids is 2. The van der Waals surface area contributed by atoms with Gasteiger partial charge in [-0.15, -0.1) is 28.1 Å². The van der Waals surface area contributed by atoms with Gasteiger partial charge in [-0.2, -0.15) is 0 Å². The maximum Gasteiger partial charge on any atom is 0.341 e. The Morgan fingerprint density at radius 1 is 1.12 bits per heavy atom. The summed E-state index contributed by atoms with van der Waals surface area (Å²) in [5.74, 6) is 0.722. The summed E-state index contributed by atoms with van der Waals surface area (Å²) < 4.78 is 13.2. The molecule has 0 spiro atoms. The fraction of sp³-hybridized carbons (Fsp3) is 0.267. The topological polar surface area (TPSA) is 95.3 Å². The zero-order valence-electron chi connectivity index (χ0n) is 23.2. The fourth-order valence-corrected chi connectivity index (χ4v) is 6.11. The van der Waals surface area contributed by atoms with Crippen molar-refractivity contribution in [1.82, 2.24) is 14.8 Å². The SMILES string of the molecule is C=CCn1c(SCC(=O)Nc2sc(C)c(-c3ccccc3)c2C(=O)OC)nnc1C(C)Oc1cccc(C)c1C. The molecular formula is C30H32N4O4S2. The smallest absolute Gasteiger partial charge is 0.341 e. The van der Waals surface area contributed by atoms with E-state index >= 15 is 0 Å². The van der Waals surface area contributed by atoms with E-state index in [-0.39, 0.29) is 17.8 Å². The number of carbonyl (C=O) groups is 2. The minimum atomic E-state index is -0.501. The second-order valence-electron chi connectivity index (χ2n) is 9.13. The Balaban J connectivity index is 1.51. The number of thioether (sulfide) groups is 1. The van der Waals surface area contributed by atoms with Crippen LogP contribution in [0.1, 0.15) is 45.2 Å². The van der Waals surface area contributed by atoms with Crippen LogP contribution in [0.4, 0.5) is 5.00 Å². The van der Waals surface area contributed by atoms with E-state index in [2.05, 4.69) is 22.1 Å². The summed E-state index contributed by atoms with van der Waals surface area (Å²) in [6, 6.07) is 15.5. The molecule has 0 aliphatic carbocycles. The molecule has 2 aromatic carbocycles. The zero-order valence-corrected chi connectivity index (χ0v) is 24.8. The molecule has 2 aromatic heterocycles. The van der Waals surface area contributed by atoms with Gasteiger partial charge in [0, 0.05) is 17.0 Å². The van der Waals surface area contributed by atoms with Gasteiger partial charge in [-0.1, -0.05) is 60.3 Å². The summed E-state index contributed by atoms with van der Waals surface area (Å²) >= 11 is 2.60. The third-order valence-corrected chi connectivity index (χ3v) is 8.39. The number of aryl methyl sites for hydroxylation is 2. The zero-order chi connectivity index (χ0) is 28.8. The van der Waals surface area contributed by atoms with E-state index in [1.807, 2.05) is 80.8 Å². The molecule has 0 aliphatic heterocycles. The molecule has 0 fully saturated rings. The number of allylic oxidation sites excluding steroid dienone is 1. The number of amides is 1. The third-order valence-electron chi connectivity index (χ3n) is 6.40. The lowest BCUT2D eigenvalue weighted by molar-refractivity contribution is -0.113. The number of nitrogens with one attached hydrogen (secondary N) is 1. The van der Waals surface area contributed by atoms with Crippen LogP contribution in [0, 0.1) is 20.8 Å². The number of ether oxygens (including phenoxy) is 2. The summed E-state index contributed by atoms with van der Waals surface area (Å²) in [4.78, 5) is 26.7. The van der Waals surface area contributed by atoms with Crippen molar-refractivity contribution in [1.29, 1.82) is 0 Å². The van der Waals surface area contributed by atoms with Crippen LogP contribution in [-0.2, 0) is 16.1 Å². The molecule has 0 saturated carbocycles. The summed E-state index contributed by atoms with van der Waals surface area (Å²) in [6.07, 6.45) is 1.38. The van der Waals surface area contributed by atoms with Gasteiger partial charge in [0.1, 0.15) is 16.3 Å². The molecule has 1 N–H and O–H groups in total. The standard InChI is InChI=1S/C30H32N4O4S2/c1-7-16-34-27(20(4)38-23-15-11-12-18(2)19(23)3)32-33-30(34)39-17-24(35)31-28-26(29(36)37-6)25(21(5)40-28)22-13-9-8-10-14-22/h7-15,20H,1,16-17H2,2-6H3,(H,31,35). The highest BCUT2D eigenvalue weighted by molar-refractivity contribution is 7.99. The molecule has 0 bridgehead atoms. The minimum absolute atomic E-state index is 0.0692. The highest BCUT2D eigenvalue weighted by Gasteiger charge is 2.26. The van der Waals surface area contributed by atoms with Crippen LogP contribution >= 0.6 is 23.1 Å². The van der Waals surface area contributed by atoms with Gasteiger partial charge in [-0.25, -0.2) is 4.79 Å². The van der Waals surface area contributed by atoms with Crippen LogP contribution in [0.2, 0.25) is 0 Å². The maximum absolute atomic E-state index is 13.0. The summed E-state index contributed by atoms with van der Waals surface area (Å²) in [5.41, 5.74) is 4.21. The third kappa shape index (κ3) is 6.29. The summed E-state index contributed by atoms with van der Waals surface area (Å²) in [5, 5.41) is 12.6.